The molecule has 2 aromatic heterocycles. The Labute approximate surface area is 210 Å². The molecule has 0 unspecified atom stereocenters. The van der Waals surface area contributed by atoms with Gasteiger partial charge in [-0.3, -0.25) is 9.58 Å². The van der Waals surface area contributed by atoms with Crippen LogP contribution in [0.3, 0.4) is 0 Å². The fraction of sp³-hybridized carbons (Fsp3) is 0.414. The van der Waals surface area contributed by atoms with Gasteiger partial charge in [-0.15, -0.1) is 0 Å². The third-order valence-corrected chi connectivity index (χ3v) is 8.22. The van der Waals surface area contributed by atoms with E-state index in [1.807, 2.05) is 23.1 Å². The smallest absolute Gasteiger partial charge is 0.249 e. The first-order chi connectivity index (χ1) is 17.3. The molecule has 1 atom stereocenters. The maximum absolute atomic E-state index is 14.0. The quantitative estimate of drug-likeness (QED) is 0.336. The molecule has 0 amide bonds. The van der Waals surface area contributed by atoms with Crippen LogP contribution in [0.4, 0.5) is 8.78 Å². The number of fused-ring (bicyclic) bond motifs is 1. The number of halogens is 2. The van der Waals surface area contributed by atoms with Gasteiger partial charge in [-0.2, -0.15) is 5.10 Å². The maximum Gasteiger partial charge on any atom is 0.249 e. The first-order valence-electron chi connectivity index (χ1n) is 12.7. The summed E-state index contributed by atoms with van der Waals surface area (Å²) in [4.78, 5) is 5.82. The lowest BCUT2D eigenvalue weighted by Gasteiger charge is -2.54. The zero-order chi connectivity index (χ0) is 24.9. The van der Waals surface area contributed by atoms with Gasteiger partial charge in [0.05, 0.1) is 13.7 Å². The summed E-state index contributed by atoms with van der Waals surface area (Å²) in [5, 5.41) is 5.46. The third-order valence-electron chi connectivity index (χ3n) is 8.22. The van der Waals surface area contributed by atoms with Gasteiger partial charge in [-0.1, -0.05) is 24.3 Å². The number of aromatic nitrogens is 3. The standard InChI is InChI=1S/C29H32F2N4O/c1-20-14-26(36-2)24(23-8-11-32-27(20)23)17-34-13-9-28(18-29(30,31)19-28)15-25(34)22-6-4-21(5-7-22)16-35-12-3-10-33-35/h3-8,10-12,14,25,32H,9,13,15-19H2,1-2H3/t25-/m0/s1. The summed E-state index contributed by atoms with van der Waals surface area (Å²) in [6.07, 6.45) is 7.29. The second-order valence-electron chi connectivity index (χ2n) is 10.7. The molecular formula is C29H32F2N4O. The molecule has 188 valence electrons. The van der Waals surface area contributed by atoms with Crippen LogP contribution < -0.4 is 4.74 Å². The van der Waals surface area contributed by atoms with E-state index in [2.05, 4.69) is 58.3 Å². The van der Waals surface area contributed by atoms with Crippen molar-refractivity contribution in [3.63, 3.8) is 0 Å². The summed E-state index contributed by atoms with van der Waals surface area (Å²) >= 11 is 0. The number of likely N-dealkylation sites (tertiary alicyclic amines) is 1. The Morgan fingerprint density at radius 1 is 1.14 bits per heavy atom. The van der Waals surface area contributed by atoms with Crippen LogP contribution in [0.2, 0.25) is 0 Å². The number of methoxy groups -OCH3 is 1. The van der Waals surface area contributed by atoms with Crippen LogP contribution in [0.5, 0.6) is 5.75 Å². The zero-order valence-electron chi connectivity index (χ0n) is 20.8. The summed E-state index contributed by atoms with van der Waals surface area (Å²) in [5.74, 6) is -1.64. The van der Waals surface area contributed by atoms with Crippen LogP contribution in [0.15, 0.2) is 61.1 Å². The summed E-state index contributed by atoms with van der Waals surface area (Å²) < 4.78 is 35.7. The molecule has 6 rings (SSSR count). The van der Waals surface area contributed by atoms with Crippen LogP contribution >= 0.6 is 0 Å². The minimum Gasteiger partial charge on any atom is -0.496 e. The van der Waals surface area contributed by atoms with Gasteiger partial charge in [0.25, 0.3) is 0 Å². The summed E-state index contributed by atoms with van der Waals surface area (Å²) in [7, 11) is 1.72. The number of benzene rings is 2. The minimum absolute atomic E-state index is 0.0115. The van der Waals surface area contributed by atoms with Crippen molar-refractivity contribution < 1.29 is 13.5 Å². The van der Waals surface area contributed by atoms with Crippen molar-refractivity contribution in [3.8, 4) is 5.75 Å². The molecule has 1 spiro atoms. The van der Waals surface area contributed by atoms with Crippen LogP contribution in [0.25, 0.3) is 10.9 Å². The number of rotatable bonds is 6. The van der Waals surface area contributed by atoms with Gasteiger partial charge in [0.15, 0.2) is 0 Å². The number of hydrogen-bond donors (Lipinski definition) is 1. The molecule has 5 nitrogen and oxygen atoms in total. The van der Waals surface area contributed by atoms with E-state index in [-0.39, 0.29) is 24.3 Å². The predicted molar refractivity (Wildman–Crippen MR) is 136 cm³/mol. The molecule has 2 aliphatic rings. The van der Waals surface area contributed by atoms with E-state index in [4.69, 9.17) is 4.74 Å². The molecule has 3 heterocycles. The van der Waals surface area contributed by atoms with E-state index in [1.54, 1.807) is 13.3 Å². The summed E-state index contributed by atoms with van der Waals surface area (Å²) in [6, 6.07) is 14.8. The normalized spacial score (nSPS) is 21.1. The molecular weight excluding hydrogens is 458 g/mol. The van der Waals surface area contributed by atoms with Crippen molar-refractivity contribution in [3.05, 3.63) is 83.3 Å². The fourth-order valence-electron chi connectivity index (χ4n) is 6.47. The highest BCUT2D eigenvalue weighted by molar-refractivity contribution is 5.88. The molecule has 1 saturated heterocycles. The van der Waals surface area contributed by atoms with Gasteiger partial charge < -0.3 is 9.72 Å². The Bertz CT molecular complexity index is 1350. The highest BCUT2D eigenvalue weighted by atomic mass is 19.3. The largest absolute Gasteiger partial charge is 0.496 e. The molecule has 1 aliphatic heterocycles. The molecule has 2 aromatic carbocycles. The van der Waals surface area contributed by atoms with Crippen LogP contribution in [-0.2, 0) is 13.1 Å². The second-order valence-corrected chi connectivity index (χ2v) is 10.7. The average Bonchev–Trinajstić information content (AvgIpc) is 3.54. The minimum atomic E-state index is -2.52. The number of hydrogen-bond acceptors (Lipinski definition) is 3. The Hall–Kier alpha value is -3.19. The number of alkyl halides is 2. The number of piperidine rings is 1. The number of aromatic amines is 1. The van der Waals surface area contributed by atoms with E-state index >= 15 is 0 Å². The molecule has 0 radical (unpaired) electrons. The fourth-order valence-corrected chi connectivity index (χ4v) is 6.47. The third kappa shape index (κ3) is 4.19. The lowest BCUT2D eigenvalue weighted by Crippen LogP contribution is -2.53. The molecule has 0 bridgehead atoms. The van der Waals surface area contributed by atoms with Gasteiger partial charge >= 0.3 is 0 Å². The van der Waals surface area contributed by atoms with E-state index in [1.165, 1.54) is 11.1 Å². The predicted octanol–water partition coefficient (Wildman–Crippen LogP) is 6.48. The lowest BCUT2D eigenvalue weighted by molar-refractivity contribution is -0.186. The molecule has 1 aliphatic carbocycles. The van der Waals surface area contributed by atoms with Gasteiger partial charge in [0.1, 0.15) is 5.75 Å². The van der Waals surface area contributed by atoms with Gasteiger partial charge in [-0.05, 0) is 66.6 Å². The Morgan fingerprint density at radius 2 is 1.94 bits per heavy atom. The zero-order valence-corrected chi connectivity index (χ0v) is 20.8. The first-order valence-corrected chi connectivity index (χ1v) is 12.7. The highest BCUT2D eigenvalue weighted by Gasteiger charge is 2.58. The lowest BCUT2D eigenvalue weighted by atomic mass is 9.59. The maximum atomic E-state index is 14.0. The van der Waals surface area contributed by atoms with Crippen LogP contribution in [0.1, 0.15) is 54.0 Å². The number of ether oxygens (including phenoxy) is 1. The Balaban J connectivity index is 1.32. The second kappa shape index (κ2) is 8.73. The van der Waals surface area contributed by atoms with Crippen molar-refractivity contribution in [1.29, 1.82) is 0 Å². The SMILES string of the molecule is COc1cc(C)c2[nH]ccc2c1CN1CCC2(C[C@H]1c1ccc(Cn3cccn3)cc1)CC(F)(F)C2. The highest BCUT2D eigenvalue weighted by Crippen LogP contribution is 2.60. The van der Waals surface area contributed by atoms with Crippen molar-refractivity contribution in [2.75, 3.05) is 13.7 Å². The van der Waals surface area contributed by atoms with E-state index in [0.717, 1.165) is 47.2 Å². The Morgan fingerprint density at radius 3 is 2.64 bits per heavy atom. The number of H-pyrrole nitrogens is 1. The summed E-state index contributed by atoms with van der Waals surface area (Å²) in [5.41, 5.74) is 5.51. The number of nitrogens with zero attached hydrogens (tertiary/aromatic N) is 3. The first kappa shape index (κ1) is 23.2. The average molecular weight is 491 g/mol. The molecule has 36 heavy (non-hydrogen) atoms. The van der Waals surface area contributed by atoms with Crippen LogP contribution in [0, 0.1) is 12.3 Å². The molecule has 7 heteroatoms. The van der Waals surface area contributed by atoms with Crippen molar-refractivity contribution in [1.82, 2.24) is 19.7 Å². The number of nitrogens with one attached hydrogen (secondary N) is 1. The molecule has 2 fully saturated rings. The van der Waals surface area contributed by atoms with Crippen LogP contribution in [-0.4, -0.2) is 39.2 Å². The van der Waals surface area contributed by atoms with E-state index < -0.39 is 5.92 Å². The monoisotopic (exact) mass is 490 g/mol. The molecule has 1 saturated carbocycles. The summed E-state index contributed by atoms with van der Waals surface area (Å²) in [6.45, 7) is 4.30. The topological polar surface area (TPSA) is 46.1 Å². The van der Waals surface area contributed by atoms with E-state index in [0.29, 0.717) is 13.1 Å². The van der Waals surface area contributed by atoms with Crippen molar-refractivity contribution in [2.24, 2.45) is 5.41 Å². The molecule has 4 aromatic rings. The van der Waals surface area contributed by atoms with Crippen molar-refractivity contribution >= 4 is 10.9 Å². The Kier molecular flexibility index (Phi) is 5.63. The number of aryl methyl sites for hydroxylation is 1. The molecule has 1 N–H and O–H groups in total. The van der Waals surface area contributed by atoms with E-state index in [9.17, 15) is 8.78 Å². The van der Waals surface area contributed by atoms with Gasteiger partial charge in [0.2, 0.25) is 5.92 Å². The van der Waals surface area contributed by atoms with Crippen molar-refractivity contribution in [2.45, 2.75) is 57.7 Å². The van der Waals surface area contributed by atoms with Gasteiger partial charge in [-0.25, -0.2) is 8.78 Å². The van der Waals surface area contributed by atoms with Gasteiger partial charge in [0, 0.05) is 60.5 Å².